The molecule has 0 atom stereocenters. The summed E-state index contributed by atoms with van der Waals surface area (Å²) in [6, 6.07) is 5.93. The number of hydrogen-bond acceptors (Lipinski definition) is 3. The summed E-state index contributed by atoms with van der Waals surface area (Å²) in [6.45, 7) is 4.89. The second kappa shape index (κ2) is 8.35. The van der Waals surface area contributed by atoms with E-state index >= 15 is 0 Å². The van der Waals surface area contributed by atoms with Crippen molar-refractivity contribution in [1.82, 2.24) is 0 Å². The van der Waals surface area contributed by atoms with Gasteiger partial charge in [-0.05, 0) is 31.1 Å². The normalized spacial score (nSPS) is 10.7. The number of methoxy groups -OCH3 is 1. The van der Waals surface area contributed by atoms with E-state index in [0.717, 1.165) is 23.3 Å². The highest BCUT2D eigenvalue weighted by molar-refractivity contribution is 5.87. The summed E-state index contributed by atoms with van der Waals surface area (Å²) in [5, 5.41) is 0. The standard InChI is InChI=1S/C16H22O3/c1-4-5-6-11-19-15-12-13(2)7-8-14(15)9-10-16(17)18-3/h7-10,12H,4-6,11H2,1-3H3. The maximum Gasteiger partial charge on any atom is 0.330 e. The molecule has 0 saturated heterocycles. The average Bonchev–Trinajstić information content (AvgIpc) is 2.42. The SMILES string of the molecule is CCCCCOc1cc(C)ccc1C=CC(=O)OC. The van der Waals surface area contributed by atoms with Gasteiger partial charge in [0.2, 0.25) is 0 Å². The number of esters is 1. The number of benzene rings is 1. The highest BCUT2D eigenvalue weighted by Gasteiger charge is 2.02. The molecular formula is C16H22O3. The molecule has 19 heavy (non-hydrogen) atoms. The Morgan fingerprint density at radius 2 is 2.11 bits per heavy atom. The molecule has 0 heterocycles. The summed E-state index contributed by atoms with van der Waals surface area (Å²) in [7, 11) is 1.37. The molecule has 1 rings (SSSR count). The van der Waals surface area contributed by atoms with Crippen LogP contribution in [0.3, 0.4) is 0 Å². The molecule has 104 valence electrons. The third-order valence-electron chi connectivity index (χ3n) is 2.77. The van der Waals surface area contributed by atoms with Crippen LogP contribution in [0.15, 0.2) is 24.3 Å². The van der Waals surface area contributed by atoms with Gasteiger partial charge in [0.05, 0.1) is 13.7 Å². The maximum atomic E-state index is 11.1. The molecule has 0 amide bonds. The van der Waals surface area contributed by atoms with Crippen LogP contribution in [-0.2, 0) is 9.53 Å². The van der Waals surface area contributed by atoms with Crippen molar-refractivity contribution in [3.8, 4) is 5.75 Å². The monoisotopic (exact) mass is 262 g/mol. The van der Waals surface area contributed by atoms with Crippen LogP contribution in [0.25, 0.3) is 6.08 Å². The smallest absolute Gasteiger partial charge is 0.330 e. The van der Waals surface area contributed by atoms with Crippen LogP contribution < -0.4 is 4.74 Å². The van der Waals surface area contributed by atoms with Crippen molar-refractivity contribution in [2.24, 2.45) is 0 Å². The van der Waals surface area contributed by atoms with Crippen LogP contribution in [0, 0.1) is 6.92 Å². The highest BCUT2D eigenvalue weighted by atomic mass is 16.5. The van der Waals surface area contributed by atoms with Gasteiger partial charge < -0.3 is 9.47 Å². The summed E-state index contributed by atoms with van der Waals surface area (Å²) in [4.78, 5) is 11.1. The van der Waals surface area contributed by atoms with Crippen LogP contribution in [-0.4, -0.2) is 19.7 Å². The second-order valence-corrected chi connectivity index (χ2v) is 4.45. The molecule has 0 aromatic heterocycles. The number of unbranched alkanes of at least 4 members (excludes halogenated alkanes) is 2. The van der Waals surface area contributed by atoms with Crippen LogP contribution in [0.5, 0.6) is 5.75 Å². The number of ether oxygens (including phenoxy) is 2. The molecule has 1 aromatic rings. The molecule has 0 spiro atoms. The lowest BCUT2D eigenvalue weighted by molar-refractivity contribution is -0.134. The zero-order valence-electron chi connectivity index (χ0n) is 11.9. The topological polar surface area (TPSA) is 35.5 Å². The molecule has 0 aliphatic rings. The first-order valence-electron chi connectivity index (χ1n) is 6.67. The van der Waals surface area contributed by atoms with Gasteiger partial charge in [-0.25, -0.2) is 4.79 Å². The fourth-order valence-electron chi connectivity index (χ4n) is 1.66. The Hall–Kier alpha value is -1.77. The molecule has 0 unspecified atom stereocenters. The second-order valence-electron chi connectivity index (χ2n) is 4.45. The molecule has 0 N–H and O–H groups in total. The number of carbonyl (C=O) groups is 1. The summed E-state index contributed by atoms with van der Waals surface area (Å²) in [6.07, 6.45) is 6.51. The summed E-state index contributed by atoms with van der Waals surface area (Å²) >= 11 is 0. The Morgan fingerprint density at radius 1 is 1.32 bits per heavy atom. The predicted octanol–water partition coefficient (Wildman–Crippen LogP) is 3.75. The van der Waals surface area contributed by atoms with Gasteiger partial charge in [0, 0.05) is 11.6 Å². The molecule has 0 radical (unpaired) electrons. The lowest BCUT2D eigenvalue weighted by Gasteiger charge is -2.10. The van der Waals surface area contributed by atoms with Gasteiger partial charge in [-0.2, -0.15) is 0 Å². The van der Waals surface area contributed by atoms with Crippen molar-refractivity contribution in [2.75, 3.05) is 13.7 Å². The lowest BCUT2D eigenvalue weighted by atomic mass is 10.1. The quantitative estimate of drug-likeness (QED) is 0.426. The van der Waals surface area contributed by atoms with Crippen molar-refractivity contribution in [1.29, 1.82) is 0 Å². The molecule has 0 fully saturated rings. The number of rotatable bonds is 7. The van der Waals surface area contributed by atoms with Gasteiger partial charge in [0.1, 0.15) is 5.75 Å². The minimum Gasteiger partial charge on any atom is -0.493 e. The molecule has 0 aliphatic carbocycles. The zero-order valence-corrected chi connectivity index (χ0v) is 11.9. The maximum absolute atomic E-state index is 11.1. The van der Waals surface area contributed by atoms with E-state index < -0.39 is 0 Å². The molecule has 0 saturated carbocycles. The Bertz CT molecular complexity index is 436. The van der Waals surface area contributed by atoms with E-state index in [1.807, 2.05) is 25.1 Å². The van der Waals surface area contributed by atoms with Crippen molar-refractivity contribution in [3.63, 3.8) is 0 Å². The number of hydrogen-bond donors (Lipinski definition) is 0. The fourth-order valence-corrected chi connectivity index (χ4v) is 1.66. The third kappa shape index (κ3) is 5.60. The van der Waals surface area contributed by atoms with Crippen LogP contribution in [0.2, 0.25) is 0 Å². The highest BCUT2D eigenvalue weighted by Crippen LogP contribution is 2.22. The first-order valence-corrected chi connectivity index (χ1v) is 6.67. The number of aryl methyl sites for hydroxylation is 1. The molecular weight excluding hydrogens is 240 g/mol. The van der Waals surface area contributed by atoms with E-state index in [4.69, 9.17) is 4.74 Å². The molecule has 1 aromatic carbocycles. The fraction of sp³-hybridized carbons (Fsp3) is 0.438. The van der Waals surface area contributed by atoms with Crippen LogP contribution in [0.4, 0.5) is 0 Å². The Balaban J connectivity index is 2.73. The predicted molar refractivity (Wildman–Crippen MR) is 77.2 cm³/mol. The van der Waals surface area contributed by atoms with Gasteiger partial charge in [0.25, 0.3) is 0 Å². The molecule has 3 nitrogen and oxygen atoms in total. The summed E-state index contributed by atoms with van der Waals surface area (Å²) < 4.78 is 10.4. The first kappa shape index (κ1) is 15.3. The van der Waals surface area contributed by atoms with Crippen molar-refractivity contribution < 1.29 is 14.3 Å². The van der Waals surface area contributed by atoms with Gasteiger partial charge in [-0.15, -0.1) is 0 Å². The van der Waals surface area contributed by atoms with Crippen LogP contribution in [0.1, 0.15) is 37.3 Å². The van der Waals surface area contributed by atoms with Gasteiger partial charge >= 0.3 is 5.97 Å². The largest absolute Gasteiger partial charge is 0.493 e. The first-order chi connectivity index (χ1) is 9.17. The Labute approximate surface area is 115 Å². The molecule has 3 heteroatoms. The minimum absolute atomic E-state index is 0.363. The average molecular weight is 262 g/mol. The third-order valence-corrected chi connectivity index (χ3v) is 2.77. The van der Waals surface area contributed by atoms with Gasteiger partial charge in [-0.1, -0.05) is 31.9 Å². The van der Waals surface area contributed by atoms with Gasteiger partial charge in [0.15, 0.2) is 0 Å². The number of carbonyl (C=O) groups excluding carboxylic acids is 1. The molecule has 0 aliphatic heterocycles. The Kier molecular flexibility index (Phi) is 6.72. The van der Waals surface area contributed by atoms with Crippen LogP contribution >= 0.6 is 0 Å². The van der Waals surface area contributed by atoms with Crippen molar-refractivity contribution >= 4 is 12.0 Å². The van der Waals surface area contributed by atoms with E-state index in [-0.39, 0.29) is 5.97 Å². The van der Waals surface area contributed by atoms with E-state index in [0.29, 0.717) is 6.61 Å². The van der Waals surface area contributed by atoms with E-state index in [1.54, 1.807) is 6.08 Å². The lowest BCUT2D eigenvalue weighted by Crippen LogP contribution is -1.99. The summed E-state index contributed by atoms with van der Waals surface area (Å²) in [5.74, 6) is 0.453. The Morgan fingerprint density at radius 3 is 2.79 bits per heavy atom. The van der Waals surface area contributed by atoms with Crippen molar-refractivity contribution in [3.05, 3.63) is 35.4 Å². The minimum atomic E-state index is -0.363. The van der Waals surface area contributed by atoms with E-state index in [2.05, 4.69) is 11.7 Å². The van der Waals surface area contributed by atoms with Gasteiger partial charge in [-0.3, -0.25) is 0 Å². The van der Waals surface area contributed by atoms with Crippen molar-refractivity contribution in [2.45, 2.75) is 33.1 Å². The summed E-state index contributed by atoms with van der Waals surface area (Å²) in [5.41, 5.74) is 2.04. The van der Waals surface area contributed by atoms with E-state index in [9.17, 15) is 4.79 Å². The van der Waals surface area contributed by atoms with E-state index in [1.165, 1.54) is 26.0 Å². The zero-order chi connectivity index (χ0) is 14.1. The molecule has 0 bridgehead atoms.